The van der Waals surface area contributed by atoms with Gasteiger partial charge in [-0.05, 0) is 74.6 Å². The molecule has 0 amide bonds. The summed E-state index contributed by atoms with van der Waals surface area (Å²) < 4.78 is 11.2. The molecule has 0 spiro atoms. The minimum Gasteiger partial charge on any atom is -0.489 e. The van der Waals surface area contributed by atoms with Crippen LogP contribution in [0.4, 0.5) is 0 Å². The molecule has 0 aliphatic rings. The van der Waals surface area contributed by atoms with Crippen LogP contribution in [-0.2, 0) is 6.61 Å². The van der Waals surface area contributed by atoms with Crippen molar-refractivity contribution in [2.45, 2.75) is 41.2 Å². The molecule has 0 bridgehead atoms. The Morgan fingerprint density at radius 1 is 1.00 bits per heavy atom. The van der Waals surface area contributed by atoms with Gasteiger partial charge < -0.3 is 9.15 Å². The molecule has 0 N–H and O–H groups in total. The van der Waals surface area contributed by atoms with Crippen LogP contribution in [0.2, 0.25) is 0 Å². The molecule has 1 aromatic heterocycles. The lowest BCUT2D eigenvalue weighted by Gasteiger charge is -2.16. The van der Waals surface area contributed by atoms with E-state index in [1.54, 1.807) is 13.0 Å². The Morgan fingerprint density at radius 2 is 1.73 bits per heavy atom. The van der Waals surface area contributed by atoms with E-state index in [0.29, 0.717) is 17.9 Å². The number of carbonyl (C=O) groups is 1. The Kier molecular flexibility index (Phi) is 4.68. The largest absolute Gasteiger partial charge is 0.489 e. The average Bonchev–Trinajstić information content (AvgIpc) is 2.53. The third-order valence-electron chi connectivity index (χ3n) is 4.79. The van der Waals surface area contributed by atoms with E-state index >= 15 is 0 Å². The molecule has 3 aromatic rings. The Balaban J connectivity index is 1.94. The van der Waals surface area contributed by atoms with Gasteiger partial charge in [0.25, 0.3) is 0 Å². The molecule has 2 aromatic carbocycles. The summed E-state index contributed by atoms with van der Waals surface area (Å²) in [6.45, 7) is 9.74. The lowest BCUT2D eigenvalue weighted by Crippen LogP contribution is -2.08. The van der Waals surface area contributed by atoms with Crippen molar-refractivity contribution in [2.75, 3.05) is 0 Å². The van der Waals surface area contributed by atoms with Crippen LogP contribution in [0.25, 0.3) is 11.0 Å². The van der Waals surface area contributed by atoms with Gasteiger partial charge in [-0.15, -0.1) is 0 Å². The highest BCUT2D eigenvalue weighted by Crippen LogP contribution is 2.26. The summed E-state index contributed by atoms with van der Waals surface area (Å²) in [6.07, 6.45) is 0. The van der Waals surface area contributed by atoms with Gasteiger partial charge in [0.1, 0.15) is 17.9 Å². The molecule has 3 rings (SSSR count). The molecular formula is C22H22O4. The Labute approximate surface area is 152 Å². The molecule has 0 aliphatic carbocycles. The zero-order valence-electron chi connectivity index (χ0n) is 15.7. The van der Waals surface area contributed by atoms with Gasteiger partial charge in [-0.25, -0.2) is 4.79 Å². The van der Waals surface area contributed by atoms with E-state index in [2.05, 4.69) is 0 Å². The fourth-order valence-corrected chi connectivity index (χ4v) is 3.54. The van der Waals surface area contributed by atoms with E-state index in [9.17, 15) is 9.59 Å². The summed E-state index contributed by atoms with van der Waals surface area (Å²) in [7, 11) is 0. The van der Waals surface area contributed by atoms with Crippen LogP contribution in [0.1, 0.15) is 45.1 Å². The third-order valence-corrected chi connectivity index (χ3v) is 4.79. The molecule has 134 valence electrons. The summed E-state index contributed by atoms with van der Waals surface area (Å²) in [6, 6.07) is 8.98. The number of hydrogen-bond donors (Lipinski definition) is 0. The number of ketones is 1. The summed E-state index contributed by atoms with van der Waals surface area (Å²) in [5.74, 6) is 0.680. The molecule has 0 atom stereocenters. The number of fused-ring (bicyclic) bond motifs is 1. The predicted octanol–water partition coefficient (Wildman–Crippen LogP) is 4.81. The van der Waals surface area contributed by atoms with E-state index in [4.69, 9.17) is 9.15 Å². The van der Waals surface area contributed by atoms with Crippen molar-refractivity contribution in [3.8, 4) is 5.75 Å². The van der Waals surface area contributed by atoms with Crippen molar-refractivity contribution >= 4 is 16.8 Å². The maximum Gasteiger partial charge on any atom is 0.336 e. The highest BCUT2D eigenvalue weighted by Gasteiger charge is 2.15. The second-order valence-corrected chi connectivity index (χ2v) is 6.74. The topological polar surface area (TPSA) is 56.5 Å². The highest BCUT2D eigenvalue weighted by atomic mass is 16.5. The first kappa shape index (κ1) is 17.9. The number of ether oxygens (including phenoxy) is 1. The third kappa shape index (κ3) is 3.27. The van der Waals surface area contributed by atoms with E-state index in [-0.39, 0.29) is 11.4 Å². The normalized spacial score (nSPS) is 11.0. The number of carbonyl (C=O) groups excluding carboxylic acids is 1. The van der Waals surface area contributed by atoms with Crippen molar-refractivity contribution in [3.05, 3.63) is 74.1 Å². The second-order valence-electron chi connectivity index (χ2n) is 6.74. The van der Waals surface area contributed by atoms with Gasteiger partial charge >= 0.3 is 5.63 Å². The lowest BCUT2D eigenvalue weighted by atomic mass is 9.92. The highest BCUT2D eigenvalue weighted by molar-refractivity contribution is 5.97. The second kappa shape index (κ2) is 6.79. The number of Topliss-reactive ketones (excluding diaryl/α,β-unsaturated/α-hetero) is 1. The Morgan fingerprint density at radius 3 is 2.42 bits per heavy atom. The quantitative estimate of drug-likeness (QED) is 0.500. The van der Waals surface area contributed by atoms with Crippen molar-refractivity contribution in [1.29, 1.82) is 0 Å². The zero-order chi connectivity index (χ0) is 19.0. The van der Waals surface area contributed by atoms with Crippen LogP contribution in [0, 0.1) is 27.7 Å². The Hall–Kier alpha value is -2.88. The van der Waals surface area contributed by atoms with Crippen molar-refractivity contribution < 1.29 is 13.9 Å². The molecule has 0 fully saturated rings. The lowest BCUT2D eigenvalue weighted by molar-refractivity contribution is 0.101. The first-order valence-corrected chi connectivity index (χ1v) is 8.56. The SMILES string of the molecule is CC(=O)c1c(C)cc(C)c(COc2ccc3c(C)cc(=O)oc3c2)c1C. The molecule has 1 heterocycles. The fraction of sp³-hybridized carbons (Fsp3) is 0.273. The van der Waals surface area contributed by atoms with Gasteiger partial charge in [-0.3, -0.25) is 4.79 Å². The van der Waals surface area contributed by atoms with Crippen LogP contribution in [-0.4, -0.2) is 5.78 Å². The number of rotatable bonds is 4. The molecule has 4 nitrogen and oxygen atoms in total. The first-order valence-electron chi connectivity index (χ1n) is 8.56. The van der Waals surface area contributed by atoms with E-state index in [1.807, 2.05) is 45.9 Å². The van der Waals surface area contributed by atoms with E-state index in [1.165, 1.54) is 6.07 Å². The van der Waals surface area contributed by atoms with Crippen LogP contribution in [0.5, 0.6) is 5.75 Å². The minimum atomic E-state index is -0.372. The molecule has 0 aliphatic heterocycles. The molecule has 0 radical (unpaired) electrons. The summed E-state index contributed by atoms with van der Waals surface area (Å²) >= 11 is 0. The Bertz CT molecular complexity index is 1070. The molecular weight excluding hydrogens is 328 g/mol. The van der Waals surface area contributed by atoms with Gasteiger partial charge in [0.15, 0.2) is 5.78 Å². The minimum absolute atomic E-state index is 0.0594. The van der Waals surface area contributed by atoms with Crippen molar-refractivity contribution in [1.82, 2.24) is 0 Å². The molecule has 4 heteroatoms. The first-order chi connectivity index (χ1) is 12.3. The van der Waals surface area contributed by atoms with Crippen LogP contribution in [0.15, 0.2) is 39.5 Å². The molecule has 26 heavy (non-hydrogen) atoms. The zero-order valence-corrected chi connectivity index (χ0v) is 15.7. The number of aryl methyl sites for hydroxylation is 3. The number of benzene rings is 2. The van der Waals surface area contributed by atoms with Gasteiger partial charge in [0, 0.05) is 23.1 Å². The van der Waals surface area contributed by atoms with Gasteiger partial charge in [-0.1, -0.05) is 6.07 Å². The monoisotopic (exact) mass is 350 g/mol. The van der Waals surface area contributed by atoms with Crippen molar-refractivity contribution in [3.63, 3.8) is 0 Å². The van der Waals surface area contributed by atoms with Crippen molar-refractivity contribution in [2.24, 2.45) is 0 Å². The van der Waals surface area contributed by atoms with Gasteiger partial charge in [0.05, 0.1) is 0 Å². The molecule has 0 unspecified atom stereocenters. The van der Waals surface area contributed by atoms with Crippen LogP contribution in [0.3, 0.4) is 0 Å². The fourth-order valence-electron chi connectivity index (χ4n) is 3.54. The van der Waals surface area contributed by atoms with E-state index in [0.717, 1.165) is 38.8 Å². The maximum absolute atomic E-state index is 12.0. The number of hydrogen-bond acceptors (Lipinski definition) is 4. The molecule has 0 saturated heterocycles. The maximum atomic E-state index is 12.0. The van der Waals surface area contributed by atoms with Crippen LogP contribution >= 0.6 is 0 Å². The van der Waals surface area contributed by atoms with E-state index < -0.39 is 0 Å². The smallest absolute Gasteiger partial charge is 0.336 e. The summed E-state index contributed by atoms with van der Waals surface area (Å²) in [5, 5.41) is 0.888. The summed E-state index contributed by atoms with van der Waals surface area (Å²) in [5.41, 5.74) is 5.81. The standard InChI is InChI=1S/C22H22O4/c1-12-8-14(3)22(16(5)23)15(4)19(12)11-25-17-6-7-18-13(2)9-21(24)26-20(18)10-17/h6-10H,11H2,1-5H3. The summed E-state index contributed by atoms with van der Waals surface area (Å²) in [4.78, 5) is 23.5. The van der Waals surface area contributed by atoms with Crippen LogP contribution < -0.4 is 10.4 Å². The van der Waals surface area contributed by atoms with Gasteiger partial charge in [-0.2, -0.15) is 0 Å². The average molecular weight is 350 g/mol. The predicted molar refractivity (Wildman–Crippen MR) is 102 cm³/mol. The van der Waals surface area contributed by atoms with Gasteiger partial charge in [0.2, 0.25) is 0 Å². The molecule has 0 saturated carbocycles.